The number of carbonyl (C=O) groups excluding carboxylic acids is 1. The molecule has 0 aromatic heterocycles. The maximum absolute atomic E-state index is 12.6. The quantitative estimate of drug-likeness (QED) is 0.444. The van der Waals surface area contributed by atoms with Crippen molar-refractivity contribution in [3.8, 4) is 17.6 Å². The van der Waals surface area contributed by atoms with Crippen molar-refractivity contribution >= 4 is 29.3 Å². The van der Waals surface area contributed by atoms with Crippen LogP contribution in [0.25, 0.3) is 0 Å². The second-order valence-electron chi connectivity index (χ2n) is 9.65. The monoisotopic (exact) mass is 582 g/mol. The highest BCUT2D eigenvalue weighted by atomic mass is 35.5. The molecule has 3 atom stereocenters. The number of halogens is 4. The summed E-state index contributed by atoms with van der Waals surface area (Å²) >= 11 is 6.08. The van der Waals surface area contributed by atoms with Crippen molar-refractivity contribution < 1.29 is 37.3 Å². The van der Waals surface area contributed by atoms with Crippen LogP contribution in [-0.4, -0.2) is 68.1 Å². The van der Waals surface area contributed by atoms with Crippen molar-refractivity contribution in [2.45, 2.75) is 49.4 Å². The third kappa shape index (κ3) is 6.89. The molecular formula is C27H30ClF3N4O5. The number of methoxy groups -OCH3 is 2. The molecule has 2 aliphatic rings. The second kappa shape index (κ2) is 12.7. The Bertz CT molecular complexity index is 1290. The van der Waals surface area contributed by atoms with Crippen LogP contribution in [-0.2, 0) is 10.2 Å². The van der Waals surface area contributed by atoms with E-state index >= 15 is 0 Å². The fraction of sp³-hybridized carbons (Fsp3) is 0.444. The normalized spacial score (nSPS) is 22.1. The molecule has 4 rings (SSSR count). The Balaban J connectivity index is 0.000000559. The Morgan fingerprint density at radius 3 is 2.40 bits per heavy atom. The average Bonchev–Trinajstić information content (AvgIpc) is 3.25. The molecule has 0 bridgehead atoms. The molecular weight excluding hydrogens is 553 g/mol. The number of carbonyl (C=O) groups is 2. The summed E-state index contributed by atoms with van der Waals surface area (Å²) in [6.07, 6.45) is -1.27. The number of amides is 2. The zero-order chi connectivity index (χ0) is 29.7. The summed E-state index contributed by atoms with van der Waals surface area (Å²) in [7, 11) is 5.47. The lowest BCUT2D eigenvalue weighted by Crippen LogP contribution is -2.52. The summed E-state index contributed by atoms with van der Waals surface area (Å²) in [5.41, 5.74) is 2.24. The second-order valence-corrected chi connectivity index (χ2v) is 10.1. The van der Waals surface area contributed by atoms with E-state index in [0.29, 0.717) is 22.3 Å². The predicted octanol–water partition coefficient (Wildman–Crippen LogP) is 5.18. The first kappa shape index (κ1) is 30.8. The van der Waals surface area contributed by atoms with Crippen LogP contribution in [0.5, 0.6) is 11.5 Å². The van der Waals surface area contributed by atoms with E-state index in [1.807, 2.05) is 12.1 Å². The molecule has 13 heteroatoms. The van der Waals surface area contributed by atoms with E-state index in [9.17, 15) is 18.0 Å². The Morgan fingerprint density at radius 1 is 1.15 bits per heavy atom. The lowest BCUT2D eigenvalue weighted by Gasteiger charge is -2.45. The molecule has 1 heterocycles. The number of aliphatic carboxylic acids is 1. The summed E-state index contributed by atoms with van der Waals surface area (Å²) in [5, 5.41) is 22.4. The standard InChI is InChI=1S/C25H29ClN4O3.C2HF3O2/c1-30-11-10-25(17-5-7-21(32-2)22(12-17)33-3)9-8-19(14-23(25)30)29-24(31)28-18-6-4-16(15-27)20(26)13-18;3-2(4,5)1(6)7/h4-7,12-13,19,23H,8-11,14H2,1-3H3,(H2,28,29,31);(H,6,7). The molecule has 2 fully saturated rings. The maximum Gasteiger partial charge on any atom is 0.490 e. The van der Waals surface area contributed by atoms with E-state index in [1.165, 1.54) is 5.56 Å². The minimum absolute atomic E-state index is 0.0314. The van der Waals surface area contributed by atoms with Crippen LogP contribution in [0.4, 0.5) is 23.7 Å². The Hall–Kier alpha value is -3.69. The van der Waals surface area contributed by atoms with E-state index in [4.69, 9.17) is 36.2 Å². The number of nitrogens with zero attached hydrogens (tertiary/aromatic N) is 2. The van der Waals surface area contributed by atoms with Crippen LogP contribution in [0, 0.1) is 11.3 Å². The molecule has 1 saturated heterocycles. The zero-order valence-electron chi connectivity index (χ0n) is 22.1. The number of nitrogens with one attached hydrogen (secondary N) is 2. The van der Waals surface area contributed by atoms with Gasteiger partial charge >= 0.3 is 18.2 Å². The number of nitriles is 1. The highest BCUT2D eigenvalue weighted by Gasteiger charge is 2.50. The number of rotatable bonds is 5. The minimum Gasteiger partial charge on any atom is -0.493 e. The fourth-order valence-corrected chi connectivity index (χ4v) is 5.65. The molecule has 216 valence electrons. The van der Waals surface area contributed by atoms with Gasteiger partial charge < -0.3 is 30.1 Å². The van der Waals surface area contributed by atoms with E-state index in [1.54, 1.807) is 32.4 Å². The lowest BCUT2D eigenvalue weighted by molar-refractivity contribution is -0.192. The van der Waals surface area contributed by atoms with Crippen molar-refractivity contribution in [2.75, 3.05) is 33.1 Å². The van der Waals surface area contributed by atoms with E-state index in [2.05, 4.69) is 34.7 Å². The number of benzene rings is 2. The molecule has 1 aliphatic heterocycles. The van der Waals surface area contributed by atoms with Crippen LogP contribution < -0.4 is 20.1 Å². The van der Waals surface area contributed by atoms with Gasteiger partial charge in [0.15, 0.2) is 11.5 Å². The van der Waals surface area contributed by atoms with E-state index in [-0.39, 0.29) is 17.5 Å². The summed E-state index contributed by atoms with van der Waals surface area (Å²) in [6, 6.07) is 13.3. The number of fused-ring (bicyclic) bond motifs is 1. The molecule has 40 heavy (non-hydrogen) atoms. The lowest BCUT2D eigenvalue weighted by atomic mass is 9.65. The maximum atomic E-state index is 12.6. The summed E-state index contributed by atoms with van der Waals surface area (Å²) in [6.45, 7) is 1.02. The summed E-state index contributed by atoms with van der Waals surface area (Å²) < 4.78 is 42.7. The van der Waals surface area contributed by atoms with Gasteiger partial charge in [0.25, 0.3) is 0 Å². The number of carboxylic acid groups (broad SMARTS) is 1. The number of hydrogen-bond donors (Lipinski definition) is 3. The Morgan fingerprint density at radius 2 is 1.82 bits per heavy atom. The highest BCUT2D eigenvalue weighted by molar-refractivity contribution is 6.32. The molecule has 2 aromatic carbocycles. The first-order valence-corrected chi connectivity index (χ1v) is 12.7. The topological polar surface area (TPSA) is 124 Å². The summed E-state index contributed by atoms with van der Waals surface area (Å²) in [4.78, 5) is 24.0. The number of hydrogen-bond acceptors (Lipinski definition) is 6. The van der Waals surface area contributed by atoms with Crippen molar-refractivity contribution in [1.29, 1.82) is 5.26 Å². The van der Waals surface area contributed by atoms with Crippen molar-refractivity contribution in [2.24, 2.45) is 0 Å². The van der Waals surface area contributed by atoms with Gasteiger partial charge in [0, 0.05) is 23.2 Å². The molecule has 0 spiro atoms. The number of likely N-dealkylation sites (N-methyl/N-ethyl adjacent to an activating group) is 1. The number of alkyl halides is 3. The molecule has 3 N–H and O–H groups in total. The highest BCUT2D eigenvalue weighted by Crippen LogP contribution is 2.49. The number of anilines is 1. The SMILES string of the molecule is COc1ccc(C23CCC(NC(=O)Nc4ccc(C#N)c(Cl)c4)CC2N(C)CC3)cc1OC.O=C(O)C(F)(F)F. The number of carboxylic acids is 1. The van der Waals surface area contributed by atoms with Gasteiger partial charge in [-0.05, 0) is 75.2 Å². The fourth-order valence-electron chi connectivity index (χ4n) is 5.43. The molecule has 3 unspecified atom stereocenters. The molecule has 9 nitrogen and oxygen atoms in total. The smallest absolute Gasteiger partial charge is 0.490 e. The van der Waals surface area contributed by atoms with Gasteiger partial charge in [0.2, 0.25) is 0 Å². The number of urea groups is 1. The Labute approximate surface area is 234 Å². The van der Waals surface area contributed by atoms with Crippen LogP contribution in [0.1, 0.15) is 36.8 Å². The third-order valence-corrected chi connectivity index (χ3v) is 7.72. The average molecular weight is 583 g/mol. The van der Waals surface area contributed by atoms with Crippen LogP contribution >= 0.6 is 11.6 Å². The van der Waals surface area contributed by atoms with Gasteiger partial charge in [-0.15, -0.1) is 0 Å². The van der Waals surface area contributed by atoms with Gasteiger partial charge in [-0.3, -0.25) is 0 Å². The Kier molecular flexibility index (Phi) is 9.76. The predicted molar refractivity (Wildman–Crippen MR) is 142 cm³/mol. The van der Waals surface area contributed by atoms with Gasteiger partial charge in [0.05, 0.1) is 24.8 Å². The van der Waals surface area contributed by atoms with Crippen molar-refractivity contribution in [3.63, 3.8) is 0 Å². The van der Waals surface area contributed by atoms with Crippen LogP contribution in [0.15, 0.2) is 36.4 Å². The summed E-state index contributed by atoms with van der Waals surface area (Å²) in [5.74, 6) is -1.28. The molecule has 1 saturated carbocycles. The van der Waals surface area contributed by atoms with E-state index in [0.717, 1.165) is 43.7 Å². The van der Waals surface area contributed by atoms with Crippen LogP contribution in [0.2, 0.25) is 5.02 Å². The van der Waals surface area contributed by atoms with Gasteiger partial charge in [-0.2, -0.15) is 18.4 Å². The minimum atomic E-state index is -5.08. The van der Waals surface area contributed by atoms with Crippen LogP contribution in [0.3, 0.4) is 0 Å². The number of ether oxygens (including phenoxy) is 2. The van der Waals surface area contributed by atoms with E-state index < -0.39 is 12.1 Å². The first-order valence-electron chi connectivity index (χ1n) is 12.3. The molecule has 2 amide bonds. The number of likely N-dealkylation sites (tertiary alicyclic amines) is 1. The zero-order valence-corrected chi connectivity index (χ0v) is 22.9. The molecule has 2 aromatic rings. The molecule has 0 radical (unpaired) electrons. The largest absolute Gasteiger partial charge is 0.493 e. The first-order chi connectivity index (χ1) is 18.8. The van der Waals surface area contributed by atoms with Gasteiger partial charge in [-0.1, -0.05) is 17.7 Å². The van der Waals surface area contributed by atoms with Crippen molar-refractivity contribution in [1.82, 2.24) is 10.2 Å². The van der Waals surface area contributed by atoms with Gasteiger partial charge in [-0.25, -0.2) is 9.59 Å². The third-order valence-electron chi connectivity index (χ3n) is 7.41. The molecule has 1 aliphatic carbocycles. The van der Waals surface area contributed by atoms with Gasteiger partial charge in [0.1, 0.15) is 6.07 Å². The van der Waals surface area contributed by atoms with Crippen molar-refractivity contribution in [3.05, 3.63) is 52.5 Å².